The summed E-state index contributed by atoms with van der Waals surface area (Å²) in [5, 5.41) is 18.7. The van der Waals surface area contributed by atoms with Crippen molar-refractivity contribution < 1.29 is 44.5 Å². The molecule has 0 radical (unpaired) electrons. The molecule has 0 unspecified atom stereocenters. The van der Waals surface area contributed by atoms with Crippen molar-refractivity contribution in [3.63, 3.8) is 0 Å². The lowest BCUT2D eigenvalue weighted by atomic mass is 10.1. The van der Waals surface area contributed by atoms with Gasteiger partial charge in [-0.2, -0.15) is 0 Å². The normalized spacial score (nSPS) is 13.2. The summed E-state index contributed by atoms with van der Waals surface area (Å²) in [6.45, 7) is 2.26. The van der Waals surface area contributed by atoms with Crippen LogP contribution in [0.4, 0.5) is 0 Å². The first-order valence-corrected chi connectivity index (χ1v) is 10.1. The van der Waals surface area contributed by atoms with Crippen molar-refractivity contribution in [1.29, 1.82) is 0 Å². The summed E-state index contributed by atoms with van der Waals surface area (Å²) < 4.78 is 4.83. The molecule has 2 aromatic rings. The smallest absolute Gasteiger partial charge is 0.268 e. The van der Waals surface area contributed by atoms with Gasteiger partial charge in [-0.15, -0.1) is 11.8 Å². The van der Waals surface area contributed by atoms with E-state index in [4.69, 9.17) is 0 Å². The number of aromatic hydroxyl groups is 2. The Hall–Kier alpha value is -0.620. The Bertz CT molecular complexity index is 764. The number of carbonyl (C=O) groups is 1. The van der Waals surface area contributed by atoms with Gasteiger partial charge in [0.25, 0.3) is 4.67 Å². The first kappa shape index (κ1) is 21.4. The minimum Gasteiger partial charge on any atom is -1.00 e. The fourth-order valence-corrected chi connectivity index (χ4v) is 6.08. The minimum absolute atomic E-state index is 0. The van der Waals surface area contributed by atoms with Crippen molar-refractivity contribution in [2.45, 2.75) is 17.1 Å². The van der Waals surface area contributed by atoms with Crippen LogP contribution in [-0.2, 0) is 0 Å². The van der Waals surface area contributed by atoms with E-state index in [9.17, 15) is 15.0 Å². The van der Waals surface area contributed by atoms with E-state index in [1.165, 1.54) is 47.5 Å². The first-order valence-electron chi connectivity index (χ1n) is 6.99. The SMILES string of the molecule is O.O=C(CSc1cc(=[N+]2CCCC2)ss1)c1ccc(O)c(O)c1.[I-]. The fourth-order valence-electron chi connectivity index (χ4n) is 2.30. The van der Waals surface area contributed by atoms with Gasteiger partial charge in [0.05, 0.1) is 9.96 Å². The van der Waals surface area contributed by atoms with Crippen molar-refractivity contribution >= 4 is 38.2 Å². The molecular formula is C15H18INO4S3. The Morgan fingerprint density at radius 1 is 1.12 bits per heavy atom. The number of hydrogen-bond acceptors (Lipinski definition) is 6. The van der Waals surface area contributed by atoms with E-state index >= 15 is 0 Å². The second-order valence-corrected chi connectivity index (χ2v) is 8.54. The maximum Gasteiger partial charge on any atom is 0.268 e. The number of phenolic OH excluding ortho intramolecular Hbond substituents is 2. The highest BCUT2D eigenvalue weighted by Crippen LogP contribution is 2.28. The maximum absolute atomic E-state index is 12.1. The zero-order valence-corrected chi connectivity index (χ0v) is 17.3. The topological polar surface area (TPSA) is 92.0 Å². The van der Waals surface area contributed by atoms with Crippen LogP contribution in [0.25, 0.3) is 0 Å². The van der Waals surface area contributed by atoms with Gasteiger partial charge in [-0.1, -0.05) is 10.3 Å². The number of nitrogens with zero attached hydrogens (tertiary/aromatic N) is 1. The van der Waals surface area contributed by atoms with Crippen molar-refractivity contribution in [1.82, 2.24) is 4.58 Å². The standard InChI is InChI=1S/C15H15NO3S3.HI.H2O/c17-11-4-3-10(7-12(11)18)13(19)9-20-15-8-14(21-22-15)16-5-1-2-6-16;;/h3-4,7-8H,1-2,5-6,9H2,(H-,17,18,19);1H;1H2. The summed E-state index contributed by atoms with van der Waals surface area (Å²) in [5.74, 6) is -0.192. The van der Waals surface area contributed by atoms with Gasteiger partial charge in [-0.3, -0.25) is 4.79 Å². The molecule has 9 heteroatoms. The van der Waals surface area contributed by atoms with E-state index in [1.54, 1.807) is 20.7 Å². The van der Waals surface area contributed by atoms with Crippen molar-refractivity contribution in [2.24, 2.45) is 0 Å². The van der Waals surface area contributed by atoms with E-state index < -0.39 is 0 Å². The first-order chi connectivity index (χ1) is 10.6. The highest BCUT2D eigenvalue weighted by Gasteiger charge is 2.16. The maximum atomic E-state index is 12.1. The molecule has 132 valence electrons. The molecule has 0 atom stereocenters. The molecule has 4 N–H and O–H groups in total. The number of thioether (sulfide) groups is 1. The number of carbonyl (C=O) groups excluding carboxylic acids is 1. The Balaban J connectivity index is 0.00000144. The van der Waals surface area contributed by atoms with Crippen LogP contribution in [0.5, 0.6) is 11.5 Å². The van der Waals surface area contributed by atoms with Crippen LogP contribution in [0.1, 0.15) is 23.2 Å². The highest BCUT2D eigenvalue weighted by atomic mass is 127. The summed E-state index contributed by atoms with van der Waals surface area (Å²) in [6.07, 6.45) is 2.52. The predicted molar refractivity (Wildman–Crippen MR) is 94.9 cm³/mol. The van der Waals surface area contributed by atoms with E-state index in [1.807, 2.05) is 0 Å². The van der Waals surface area contributed by atoms with Gasteiger partial charge in [0, 0.05) is 24.5 Å². The lowest BCUT2D eigenvalue weighted by Gasteiger charge is -2.02. The molecule has 1 saturated heterocycles. The van der Waals surface area contributed by atoms with E-state index in [2.05, 4.69) is 10.6 Å². The van der Waals surface area contributed by atoms with Crippen molar-refractivity contribution in [2.75, 3.05) is 18.8 Å². The van der Waals surface area contributed by atoms with E-state index in [0.717, 1.165) is 17.3 Å². The highest BCUT2D eigenvalue weighted by molar-refractivity contribution is 8.03. The molecule has 1 aromatic heterocycles. The lowest BCUT2D eigenvalue weighted by Crippen LogP contribution is -3.00. The lowest BCUT2D eigenvalue weighted by molar-refractivity contribution is -0.0000149. The predicted octanol–water partition coefficient (Wildman–Crippen LogP) is -1.06. The third-order valence-corrected chi connectivity index (χ3v) is 7.45. The number of hydrogen-bond donors (Lipinski definition) is 2. The number of phenols is 2. The van der Waals surface area contributed by atoms with Crippen molar-refractivity contribution in [3.05, 3.63) is 34.5 Å². The Morgan fingerprint density at radius 3 is 2.50 bits per heavy atom. The molecule has 3 rings (SSSR count). The molecule has 2 heterocycles. The molecule has 0 spiro atoms. The van der Waals surface area contributed by atoms with Gasteiger partial charge in [0.2, 0.25) is 0 Å². The van der Waals surface area contributed by atoms with Crippen LogP contribution in [-0.4, -0.2) is 40.3 Å². The molecule has 0 bridgehead atoms. The molecule has 1 aliphatic rings. The molecule has 24 heavy (non-hydrogen) atoms. The summed E-state index contributed by atoms with van der Waals surface area (Å²) in [5.41, 5.74) is 0.419. The van der Waals surface area contributed by atoms with Gasteiger partial charge in [0.15, 0.2) is 17.3 Å². The molecular weight excluding hydrogens is 481 g/mol. The number of benzene rings is 1. The van der Waals surface area contributed by atoms with Crippen LogP contribution in [0, 0.1) is 0 Å². The quantitative estimate of drug-likeness (QED) is 0.140. The van der Waals surface area contributed by atoms with Crippen LogP contribution in [0.3, 0.4) is 0 Å². The molecule has 1 fully saturated rings. The van der Waals surface area contributed by atoms with Crippen LogP contribution in [0.15, 0.2) is 28.5 Å². The van der Waals surface area contributed by atoms with Crippen LogP contribution >= 0.6 is 32.4 Å². The molecule has 0 amide bonds. The Kier molecular flexibility index (Phi) is 8.71. The average molecular weight is 499 g/mol. The molecule has 0 saturated carbocycles. The van der Waals surface area contributed by atoms with Crippen molar-refractivity contribution in [3.8, 4) is 11.5 Å². The minimum atomic E-state index is -0.259. The van der Waals surface area contributed by atoms with Gasteiger partial charge in [-0.05, 0) is 28.5 Å². The Labute approximate surface area is 168 Å². The summed E-state index contributed by atoms with van der Waals surface area (Å²) in [6, 6.07) is 6.34. The van der Waals surface area contributed by atoms with E-state index in [-0.39, 0.29) is 46.7 Å². The summed E-state index contributed by atoms with van der Waals surface area (Å²) in [7, 11) is 3.46. The summed E-state index contributed by atoms with van der Waals surface area (Å²) in [4.78, 5) is 12.1. The molecule has 1 aliphatic heterocycles. The Morgan fingerprint density at radius 2 is 1.83 bits per heavy atom. The van der Waals surface area contributed by atoms with Crippen LogP contribution < -0.4 is 33.2 Å². The molecule has 5 nitrogen and oxygen atoms in total. The monoisotopic (exact) mass is 499 g/mol. The largest absolute Gasteiger partial charge is 1.00 e. The van der Waals surface area contributed by atoms with Gasteiger partial charge < -0.3 is 39.7 Å². The van der Waals surface area contributed by atoms with Gasteiger partial charge in [-0.25, -0.2) is 4.58 Å². The molecule has 0 aliphatic carbocycles. The van der Waals surface area contributed by atoms with Gasteiger partial charge >= 0.3 is 0 Å². The zero-order chi connectivity index (χ0) is 15.5. The zero-order valence-electron chi connectivity index (χ0n) is 12.7. The second kappa shape index (κ2) is 9.76. The third kappa shape index (κ3) is 5.19. The fraction of sp³-hybridized carbons (Fsp3) is 0.333. The second-order valence-electron chi connectivity index (χ2n) is 5.08. The van der Waals surface area contributed by atoms with E-state index in [0.29, 0.717) is 11.3 Å². The molecule has 1 aromatic carbocycles. The average Bonchev–Trinajstić information content (AvgIpc) is 3.18. The number of ketones is 1. The number of rotatable bonds is 4. The summed E-state index contributed by atoms with van der Waals surface area (Å²) >= 11 is 1.52. The third-order valence-electron chi connectivity index (χ3n) is 3.51. The van der Waals surface area contributed by atoms with Gasteiger partial charge in [0.1, 0.15) is 13.1 Å². The number of Topliss-reactive ketones (excluding diaryl/α,β-unsaturated/α-hetero) is 1. The van der Waals surface area contributed by atoms with Crippen LogP contribution in [0.2, 0.25) is 0 Å². The number of halogens is 1.